The minimum Gasteiger partial charge on any atom is -0.382 e. The molecule has 0 saturated heterocycles. The molecule has 19 heavy (non-hydrogen) atoms. The molecule has 1 aromatic heterocycles. The summed E-state index contributed by atoms with van der Waals surface area (Å²) in [6, 6.07) is 0.532. The highest BCUT2D eigenvalue weighted by Gasteiger charge is 2.59. The van der Waals surface area contributed by atoms with Crippen molar-refractivity contribution in [2.45, 2.75) is 51.0 Å². The standard InChI is InChI=1S/C14H23N3S2/c1-13(2)8-5-6-14(3,7-8)12(13)16-11-9(18-4)10(15)17-19-11/h8,12,16H,5-7H2,1-4H3,(H2,15,17). The van der Waals surface area contributed by atoms with E-state index in [-0.39, 0.29) is 0 Å². The molecule has 1 aromatic rings. The van der Waals surface area contributed by atoms with Gasteiger partial charge in [0, 0.05) is 6.04 Å². The van der Waals surface area contributed by atoms with Crippen molar-refractivity contribution < 1.29 is 0 Å². The summed E-state index contributed by atoms with van der Waals surface area (Å²) in [5.41, 5.74) is 6.74. The lowest BCUT2D eigenvalue weighted by atomic mass is 9.68. The van der Waals surface area contributed by atoms with Gasteiger partial charge in [-0.25, -0.2) is 0 Å². The van der Waals surface area contributed by atoms with E-state index in [1.807, 2.05) is 0 Å². The fraction of sp³-hybridized carbons (Fsp3) is 0.786. The first kappa shape index (κ1) is 13.6. The zero-order chi connectivity index (χ0) is 13.8. The van der Waals surface area contributed by atoms with Crippen LogP contribution in [-0.2, 0) is 0 Å². The topological polar surface area (TPSA) is 50.9 Å². The molecule has 3 nitrogen and oxygen atoms in total. The Morgan fingerprint density at radius 1 is 1.42 bits per heavy atom. The molecule has 2 saturated carbocycles. The zero-order valence-corrected chi connectivity index (χ0v) is 13.8. The van der Waals surface area contributed by atoms with Crippen LogP contribution in [0.3, 0.4) is 0 Å². The van der Waals surface area contributed by atoms with Crippen molar-refractivity contribution in [3.05, 3.63) is 0 Å². The van der Waals surface area contributed by atoms with Crippen LogP contribution in [0.15, 0.2) is 4.90 Å². The third-order valence-corrected chi connectivity index (χ3v) is 7.17. The number of rotatable bonds is 3. The molecular formula is C14H23N3S2. The Hall–Kier alpha value is -0.420. The number of fused-ring (bicyclic) bond motifs is 2. The Labute approximate surface area is 123 Å². The largest absolute Gasteiger partial charge is 0.382 e. The van der Waals surface area contributed by atoms with E-state index < -0.39 is 0 Å². The summed E-state index contributed by atoms with van der Waals surface area (Å²) in [5.74, 6) is 1.53. The van der Waals surface area contributed by atoms with Gasteiger partial charge in [0.1, 0.15) is 5.00 Å². The average Bonchev–Trinajstić information content (AvgIpc) is 2.94. The maximum atomic E-state index is 5.94. The zero-order valence-electron chi connectivity index (χ0n) is 12.1. The summed E-state index contributed by atoms with van der Waals surface area (Å²) in [5, 5.41) is 4.96. The van der Waals surface area contributed by atoms with Crippen molar-refractivity contribution in [1.29, 1.82) is 0 Å². The first-order chi connectivity index (χ1) is 8.88. The van der Waals surface area contributed by atoms with Gasteiger partial charge in [0.2, 0.25) is 0 Å². The van der Waals surface area contributed by atoms with Gasteiger partial charge >= 0.3 is 0 Å². The molecule has 0 aliphatic heterocycles. The molecule has 0 spiro atoms. The lowest BCUT2D eigenvalue weighted by molar-refractivity contribution is 0.155. The number of anilines is 2. The second kappa shape index (κ2) is 4.29. The number of hydrogen-bond acceptors (Lipinski definition) is 5. The normalized spacial score (nSPS) is 35.8. The molecule has 0 amide bonds. The summed E-state index contributed by atoms with van der Waals surface area (Å²) in [7, 11) is 0. The molecule has 3 N–H and O–H groups in total. The van der Waals surface area contributed by atoms with Crippen molar-refractivity contribution in [3.8, 4) is 0 Å². The second-order valence-electron chi connectivity index (χ2n) is 6.92. The molecule has 2 bridgehead atoms. The van der Waals surface area contributed by atoms with Gasteiger partial charge < -0.3 is 11.1 Å². The van der Waals surface area contributed by atoms with E-state index in [4.69, 9.17) is 5.73 Å². The van der Waals surface area contributed by atoms with E-state index in [1.54, 1.807) is 11.8 Å². The number of nitrogens with two attached hydrogens (primary N) is 1. The Bertz CT molecular complexity index is 492. The number of hydrogen-bond donors (Lipinski definition) is 2. The van der Waals surface area contributed by atoms with Gasteiger partial charge in [-0.15, -0.1) is 11.8 Å². The van der Waals surface area contributed by atoms with Crippen molar-refractivity contribution in [3.63, 3.8) is 0 Å². The molecule has 3 unspecified atom stereocenters. The summed E-state index contributed by atoms with van der Waals surface area (Å²) >= 11 is 3.20. The lowest BCUT2D eigenvalue weighted by Gasteiger charge is -2.43. The Morgan fingerprint density at radius 2 is 2.16 bits per heavy atom. The van der Waals surface area contributed by atoms with Crippen LogP contribution in [0.1, 0.15) is 40.0 Å². The summed E-state index contributed by atoms with van der Waals surface area (Å²) in [4.78, 5) is 1.12. The lowest BCUT2D eigenvalue weighted by Crippen LogP contribution is -2.45. The van der Waals surface area contributed by atoms with Crippen LogP contribution < -0.4 is 11.1 Å². The van der Waals surface area contributed by atoms with Crippen molar-refractivity contribution >= 4 is 34.1 Å². The number of nitrogens with zero attached hydrogens (tertiary/aromatic N) is 1. The maximum Gasteiger partial charge on any atom is 0.153 e. The van der Waals surface area contributed by atoms with Gasteiger partial charge in [-0.05, 0) is 53.8 Å². The number of aromatic nitrogens is 1. The predicted molar refractivity (Wildman–Crippen MR) is 84.9 cm³/mol. The number of nitrogens with one attached hydrogen (secondary N) is 1. The molecule has 1 heterocycles. The molecule has 2 aliphatic rings. The third-order valence-electron chi connectivity index (χ3n) is 5.42. The molecule has 3 atom stereocenters. The second-order valence-corrected chi connectivity index (χ2v) is 8.51. The minimum absolute atomic E-state index is 0.363. The van der Waals surface area contributed by atoms with Crippen molar-refractivity contribution in [2.24, 2.45) is 16.7 Å². The Morgan fingerprint density at radius 3 is 2.74 bits per heavy atom. The van der Waals surface area contributed by atoms with Gasteiger partial charge in [0.15, 0.2) is 5.82 Å². The highest BCUT2D eigenvalue weighted by molar-refractivity contribution is 7.99. The fourth-order valence-electron chi connectivity index (χ4n) is 4.38. The van der Waals surface area contributed by atoms with Gasteiger partial charge in [0.05, 0.1) is 4.90 Å². The van der Waals surface area contributed by atoms with Gasteiger partial charge in [0.25, 0.3) is 0 Å². The predicted octanol–water partition coefficient (Wildman–Crippen LogP) is 4.07. The van der Waals surface area contributed by atoms with Crippen LogP contribution in [-0.4, -0.2) is 16.7 Å². The fourth-order valence-corrected chi connectivity index (χ4v) is 5.93. The quantitative estimate of drug-likeness (QED) is 0.826. The molecule has 3 rings (SSSR count). The van der Waals surface area contributed by atoms with E-state index in [0.29, 0.717) is 22.7 Å². The van der Waals surface area contributed by atoms with Crippen LogP contribution in [0.5, 0.6) is 0 Å². The van der Waals surface area contributed by atoms with Crippen molar-refractivity contribution in [2.75, 3.05) is 17.3 Å². The van der Waals surface area contributed by atoms with E-state index in [0.717, 1.165) is 15.8 Å². The van der Waals surface area contributed by atoms with Crippen LogP contribution in [0.2, 0.25) is 0 Å². The number of thioether (sulfide) groups is 1. The average molecular weight is 297 g/mol. The van der Waals surface area contributed by atoms with Gasteiger partial charge in [-0.2, -0.15) is 4.37 Å². The van der Waals surface area contributed by atoms with E-state index >= 15 is 0 Å². The number of nitrogen functional groups attached to an aromatic ring is 1. The molecule has 2 fully saturated rings. The summed E-state index contributed by atoms with van der Waals surface area (Å²) in [6.45, 7) is 7.29. The monoisotopic (exact) mass is 297 g/mol. The molecule has 106 valence electrons. The Balaban J connectivity index is 1.90. The van der Waals surface area contributed by atoms with Gasteiger partial charge in [-0.3, -0.25) is 0 Å². The molecule has 0 radical (unpaired) electrons. The minimum atomic E-state index is 0.363. The highest BCUT2D eigenvalue weighted by Crippen LogP contribution is 2.63. The summed E-state index contributed by atoms with van der Waals surface area (Å²) < 4.78 is 4.30. The maximum absolute atomic E-state index is 5.94. The first-order valence-electron chi connectivity index (χ1n) is 6.94. The third kappa shape index (κ3) is 1.88. The van der Waals surface area contributed by atoms with Crippen LogP contribution in [0.25, 0.3) is 0 Å². The van der Waals surface area contributed by atoms with Crippen molar-refractivity contribution in [1.82, 2.24) is 4.37 Å². The SMILES string of the molecule is CSc1c(N)nsc1NC1C2(C)CCC(C2)C1(C)C. The van der Waals surface area contributed by atoms with E-state index in [9.17, 15) is 0 Å². The first-order valence-corrected chi connectivity index (χ1v) is 8.94. The molecular weight excluding hydrogens is 274 g/mol. The van der Waals surface area contributed by atoms with Crippen LogP contribution in [0, 0.1) is 16.7 Å². The molecule has 0 aromatic carbocycles. The van der Waals surface area contributed by atoms with Crippen LogP contribution in [0.4, 0.5) is 10.8 Å². The molecule has 5 heteroatoms. The Kier molecular flexibility index (Phi) is 3.06. The molecule has 2 aliphatic carbocycles. The van der Waals surface area contributed by atoms with Gasteiger partial charge in [-0.1, -0.05) is 20.8 Å². The smallest absolute Gasteiger partial charge is 0.153 e. The highest BCUT2D eigenvalue weighted by atomic mass is 32.2. The summed E-state index contributed by atoms with van der Waals surface area (Å²) in [6.07, 6.45) is 6.17. The van der Waals surface area contributed by atoms with Crippen LogP contribution >= 0.6 is 23.3 Å². The van der Waals surface area contributed by atoms with E-state index in [1.165, 1.54) is 30.8 Å². The van der Waals surface area contributed by atoms with E-state index in [2.05, 4.69) is 36.7 Å².